The van der Waals surface area contributed by atoms with Gasteiger partial charge in [0.2, 0.25) is 5.88 Å². The summed E-state index contributed by atoms with van der Waals surface area (Å²) in [4.78, 5) is 25.2. The SMILES string of the molecule is CN(C(=O)OC(C)(C)C)[C@H]1CC[C@H](Oc2ncnc3sc4c(c23)[C@@H](CC(O)C#N)CC4)CC1. The zero-order chi connectivity index (χ0) is 23.8. The van der Waals surface area contributed by atoms with Crippen molar-refractivity contribution in [2.75, 3.05) is 7.05 Å². The highest BCUT2D eigenvalue weighted by Crippen LogP contribution is 2.47. The molecule has 8 nitrogen and oxygen atoms in total. The van der Waals surface area contributed by atoms with E-state index in [1.807, 2.05) is 26.8 Å². The first-order valence-electron chi connectivity index (χ1n) is 11.6. The molecule has 0 saturated heterocycles. The minimum absolute atomic E-state index is 0.0199. The summed E-state index contributed by atoms with van der Waals surface area (Å²) in [5.41, 5.74) is 0.643. The van der Waals surface area contributed by atoms with E-state index in [9.17, 15) is 9.90 Å². The fraction of sp³-hybridized carbons (Fsp3) is 0.667. The molecular formula is C24H32N4O4S. The van der Waals surface area contributed by atoms with Crippen LogP contribution in [-0.4, -0.2) is 57.0 Å². The van der Waals surface area contributed by atoms with E-state index in [1.54, 1.807) is 29.6 Å². The van der Waals surface area contributed by atoms with Gasteiger partial charge >= 0.3 is 6.09 Å². The van der Waals surface area contributed by atoms with Crippen LogP contribution in [-0.2, 0) is 11.2 Å². The van der Waals surface area contributed by atoms with E-state index >= 15 is 0 Å². The average Bonchev–Trinajstić information content (AvgIpc) is 3.32. The number of aliphatic hydroxyl groups excluding tert-OH is 1. The zero-order valence-corrected chi connectivity index (χ0v) is 20.5. The number of carbonyl (C=O) groups is 1. The van der Waals surface area contributed by atoms with Crippen LogP contribution in [0.4, 0.5) is 4.79 Å². The zero-order valence-electron chi connectivity index (χ0n) is 19.7. The lowest BCUT2D eigenvalue weighted by atomic mass is 9.92. The van der Waals surface area contributed by atoms with Crippen LogP contribution in [0, 0.1) is 11.3 Å². The van der Waals surface area contributed by atoms with E-state index in [4.69, 9.17) is 14.7 Å². The minimum Gasteiger partial charge on any atom is -0.474 e. The van der Waals surface area contributed by atoms with E-state index in [1.165, 1.54) is 4.88 Å². The summed E-state index contributed by atoms with van der Waals surface area (Å²) in [5, 5.41) is 19.9. The number of nitrogens with zero attached hydrogens (tertiary/aromatic N) is 4. The predicted octanol–water partition coefficient (Wildman–Crippen LogP) is 4.55. The number of fused-ring (bicyclic) bond motifs is 3. The molecule has 178 valence electrons. The van der Waals surface area contributed by atoms with Crippen molar-refractivity contribution in [3.63, 3.8) is 0 Å². The fourth-order valence-corrected chi connectivity index (χ4v) is 6.11. The maximum Gasteiger partial charge on any atom is 0.410 e. The fourth-order valence-electron chi connectivity index (χ4n) is 4.88. The molecule has 0 spiro atoms. The van der Waals surface area contributed by atoms with E-state index in [0.29, 0.717) is 12.3 Å². The molecule has 9 heteroatoms. The van der Waals surface area contributed by atoms with Gasteiger partial charge in [0.25, 0.3) is 0 Å². The Morgan fingerprint density at radius 3 is 2.70 bits per heavy atom. The van der Waals surface area contributed by atoms with Crippen molar-refractivity contribution in [1.82, 2.24) is 14.9 Å². The summed E-state index contributed by atoms with van der Waals surface area (Å²) in [7, 11) is 1.80. The van der Waals surface area contributed by atoms with Crippen LogP contribution < -0.4 is 4.74 Å². The lowest BCUT2D eigenvalue weighted by molar-refractivity contribution is 0.0137. The Morgan fingerprint density at radius 1 is 1.30 bits per heavy atom. The van der Waals surface area contributed by atoms with Crippen LogP contribution in [0.1, 0.15) is 75.7 Å². The monoisotopic (exact) mass is 472 g/mol. The molecule has 2 atom stereocenters. The highest BCUT2D eigenvalue weighted by Gasteiger charge is 2.33. The first-order valence-corrected chi connectivity index (χ1v) is 12.4. The van der Waals surface area contributed by atoms with E-state index in [-0.39, 0.29) is 24.2 Å². The Labute approximate surface area is 198 Å². The van der Waals surface area contributed by atoms with Gasteiger partial charge in [0.05, 0.1) is 11.5 Å². The van der Waals surface area contributed by atoms with Crippen molar-refractivity contribution < 1.29 is 19.4 Å². The number of aliphatic hydroxyl groups is 1. The number of nitriles is 1. The molecule has 1 fully saturated rings. The molecular weight excluding hydrogens is 440 g/mol. The molecule has 4 rings (SSSR count). The van der Waals surface area contributed by atoms with Crippen molar-refractivity contribution >= 4 is 27.6 Å². The second-order valence-corrected chi connectivity index (χ2v) is 11.1. The Hall–Kier alpha value is -2.44. The molecule has 0 radical (unpaired) electrons. The number of amides is 1. The quantitative estimate of drug-likeness (QED) is 0.636. The number of hydrogen-bond acceptors (Lipinski definition) is 8. The molecule has 1 saturated carbocycles. The molecule has 2 aromatic rings. The lowest BCUT2D eigenvalue weighted by Gasteiger charge is -2.35. The maximum atomic E-state index is 12.4. The van der Waals surface area contributed by atoms with Crippen LogP contribution in [0.2, 0.25) is 0 Å². The number of thiophene rings is 1. The van der Waals surface area contributed by atoms with Gasteiger partial charge in [-0.25, -0.2) is 14.8 Å². The van der Waals surface area contributed by atoms with Crippen molar-refractivity contribution in [3.8, 4) is 11.9 Å². The first-order chi connectivity index (χ1) is 15.7. The Morgan fingerprint density at radius 2 is 2.03 bits per heavy atom. The largest absolute Gasteiger partial charge is 0.474 e. The molecule has 0 aromatic carbocycles. The molecule has 2 aliphatic carbocycles. The van der Waals surface area contributed by atoms with Gasteiger partial charge < -0.3 is 19.5 Å². The van der Waals surface area contributed by atoms with Crippen LogP contribution >= 0.6 is 11.3 Å². The third-order valence-electron chi connectivity index (χ3n) is 6.50. The Kier molecular flexibility index (Phi) is 6.78. The summed E-state index contributed by atoms with van der Waals surface area (Å²) >= 11 is 1.66. The van der Waals surface area contributed by atoms with Crippen molar-refractivity contribution in [2.24, 2.45) is 0 Å². The van der Waals surface area contributed by atoms with E-state index in [2.05, 4.69) is 9.97 Å². The van der Waals surface area contributed by atoms with Crippen molar-refractivity contribution in [2.45, 2.75) is 95.5 Å². The number of aromatic nitrogens is 2. The maximum absolute atomic E-state index is 12.4. The summed E-state index contributed by atoms with van der Waals surface area (Å²) in [6.45, 7) is 5.62. The van der Waals surface area contributed by atoms with Gasteiger partial charge in [-0.1, -0.05) is 0 Å². The average molecular weight is 473 g/mol. The Bertz CT molecular complexity index is 1050. The minimum atomic E-state index is -0.970. The normalized spacial score (nSPS) is 23.6. The van der Waals surface area contributed by atoms with Crippen LogP contribution in [0.25, 0.3) is 10.2 Å². The van der Waals surface area contributed by atoms with Gasteiger partial charge in [0, 0.05) is 18.0 Å². The van der Waals surface area contributed by atoms with Crippen LogP contribution in [0.3, 0.4) is 0 Å². The van der Waals surface area contributed by atoms with Crippen LogP contribution in [0.15, 0.2) is 6.33 Å². The molecule has 33 heavy (non-hydrogen) atoms. The summed E-state index contributed by atoms with van der Waals surface area (Å²) in [6, 6.07) is 2.07. The second kappa shape index (κ2) is 9.43. The third kappa shape index (κ3) is 5.22. The molecule has 0 aliphatic heterocycles. The molecule has 1 unspecified atom stereocenters. The van der Waals surface area contributed by atoms with Gasteiger partial charge in [-0.2, -0.15) is 5.26 Å². The lowest BCUT2D eigenvalue weighted by Crippen LogP contribution is -2.43. The van der Waals surface area contributed by atoms with Crippen molar-refractivity contribution in [1.29, 1.82) is 5.26 Å². The molecule has 2 heterocycles. The molecule has 0 bridgehead atoms. The molecule has 1 N–H and O–H groups in total. The predicted molar refractivity (Wildman–Crippen MR) is 125 cm³/mol. The van der Waals surface area contributed by atoms with Crippen LogP contribution in [0.5, 0.6) is 5.88 Å². The third-order valence-corrected chi connectivity index (χ3v) is 7.68. The first kappa shape index (κ1) is 23.7. The number of hydrogen-bond donors (Lipinski definition) is 1. The van der Waals surface area contributed by atoms with Gasteiger partial charge in [-0.05, 0) is 77.2 Å². The molecule has 2 aromatic heterocycles. The summed E-state index contributed by atoms with van der Waals surface area (Å²) in [6.07, 6.45) is 5.92. The summed E-state index contributed by atoms with van der Waals surface area (Å²) < 4.78 is 11.9. The number of carbonyl (C=O) groups excluding carboxylic acids is 1. The van der Waals surface area contributed by atoms with E-state index in [0.717, 1.165) is 54.3 Å². The van der Waals surface area contributed by atoms with Gasteiger partial charge in [0.1, 0.15) is 29.0 Å². The van der Waals surface area contributed by atoms with Gasteiger partial charge in [0.15, 0.2) is 0 Å². The summed E-state index contributed by atoms with van der Waals surface area (Å²) in [5.74, 6) is 0.717. The smallest absolute Gasteiger partial charge is 0.410 e. The molecule has 1 amide bonds. The Balaban J connectivity index is 1.45. The highest BCUT2D eigenvalue weighted by atomic mass is 32.1. The standard InChI is InChI=1S/C24H32N4O4S/c1-24(2,3)32-23(30)28(4)15-6-8-17(9-7-15)31-21-20-19-14(11-16(29)12-25)5-10-18(19)33-22(20)27-13-26-21/h13-17,29H,5-11H2,1-4H3/t14-,15-,16?,17-/m1/s1. The van der Waals surface area contributed by atoms with Crippen molar-refractivity contribution in [3.05, 3.63) is 16.8 Å². The van der Waals surface area contributed by atoms with Gasteiger partial charge in [-0.3, -0.25) is 0 Å². The molecule has 2 aliphatic rings. The number of ether oxygens (including phenoxy) is 2. The van der Waals surface area contributed by atoms with E-state index < -0.39 is 11.7 Å². The topological polar surface area (TPSA) is 109 Å². The van der Waals surface area contributed by atoms with Gasteiger partial charge in [-0.15, -0.1) is 11.3 Å². The number of aryl methyl sites for hydroxylation is 1. The number of rotatable bonds is 5. The highest BCUT2D eigenvalue weighted by molar-refractivity contribution is 7.19. The second-order valence-electron chi connectivity index (χ2n) is 10.1.